The van der Waals surface area contributed by atoms with Crippen molar-refractivity contribution < 1.29 is 23.0 Å². The first-order valence-electron chi connectivity index (χ1n) is 11.9. The molecule has 0 aliphatic carbocycles. The quantitative estimate of drug-likeness (QED) is 0.371. The minimum absolute atomic E-state index is 0.0360. The highest BCUT2D eigenvalue weighted by molar-refractivity contribution is 6.30. The lowest BCUT2D eigenvalue weighted by Crippen LogP contribution is -2.50. The molecule has 0 radical (unpaired) electrons. The Bertz CT molecular complexity index is 1100. The summed E-state index contributed by atoms with van der Waals surface area (Å²) in [4.78, 5) is 16.6. The van der Waals surface area contributed by atoms with Gasteiger partial charge in [0.2, 0.25) is 5.91 Å². The zero-order valence-corrected chi connectivity index (χ0v) is 20.7. The van der Waals surface area contributed by atoms with Crippen molar-refractivity contribution >= 4 is 17.5 Å². The topological polar surface area (TPSA) is 42.0 Å². The van der Waals surface area contributed by atoms with E-state index in [2.05, 4.69) is 4.90 Å². The first-order chi connectivity index (χ1) is 17.5. The Morgan fingerprint density at radius 1 is 0.861 bits per heavy atom. The first kappa shape index (κ1) is 26.2. The summed E-state index contributed by atoms with van der Waals surface area (Å²) in [6.45, 7) is 3.23. The van der Waals surface area contributed by atoms with Crippen molar-refractivity contribution in [3.05, 3.63) is 106 Å². The number of carbonyl (C=O) groups is 1. The number of piperazine rings is 1. The van der Waals surface area contributed by atoms with Crippen LogP contribution in [0.2, 0.25) is 5.02 Å². The summed E-state index contributed by atoms with van der Waals surface area (Å²) in [5, 5.41) is 0.597. The molecule has 1 aliphatic heterocycles. The third-order valence-corrected chi connectivity index (χ3v) is 6.47. The van der Waals surface area contributed by atoms with E-state index in [1.807, 2.05) is 42.5 Å². The molecule has 3 aromatic carbocycles. The Kier molecular flexibility index (Phi) is 9.41. The molecular formula is C28H29ClF2N2O3. The molecule has 0 bridgehead atoms. The number of amides is 1. The van der Waals surface area contributed by atoms with Crippen LogP contribution in [0.5, 0.6) is 0 Å². The second-order valence-corrected chi connectivity index (χ2v) is 9.15. The lowest BCUT2D eigenvalue weighted by atomic mass is 10.1. The fourth-order valence-electron chi connectivity index (χ4n) is 4.12. The van der Waals surface area contributed by atoms with Gasteiger partial charge >= 0.3 is 0 Å². The fraction of sp³-hybridized carbons (Fsp3) is 0.321. The Balaban J connectivity index is 1.30. The lowest BCUT2D eigenvalue weighted by molar-refractivity contribution is -0.138. The Morgan fingerprint density at radius 2 is 1.53 bits per heavy atom. The van der Waals surface area contributed by atoms with Gasteiger partial charge in [-0.05, 0) is 35.4 Å². The first-order valence-corrected chi connectivity index (χ1v) is 12.3. The van der Waals surface area contributed by atoms with Gasteiger partial charge in [-0.3, -0.25) is 9.69 Å². The molecule has 1 saturated heterocycles. The van der Waals surface area contributed by atoms with Crippen LogP contribution in [0.1, 0.15) is 22.8 Å². The summed E-state index contributed by atoms with van der Waals surface area (Å²) < 4.78 is 39.9. The highest BCUT2D eigenvalue weighted by atomic mass is 35.5. The number of rotatable bonds is 10. The molecule has 1 fully saturated rings. The van der Waals surface area contributed by atoms with Crippen molar-refractivity contribution in [2.75, 3.05) is 39.3 Å². The van der Waals surface area contributed by atoms with E-state index < -0.39 is 17.7 Å². The highest BCUT2D eigenvalue weighted by Gasteiger charge is 2.25. The minimum atomic E-state index is -0.633. The van der Waals surface area contributed by atoms with Gasteiger partial charge in [0.25, 0.3) is 0 Å². The molecule has 8 heteroatoms. The van der Waals surface area contributed by atoms with Gasteiger partial charge in [0.05, 0.1) is 19.3 Å². The maximum Gasteiger partial charge on any atom is 0.248 e. The van der Waals surface area contributed by atoms with Gasteiger partial charge in [0.1, 0.15) is 18.2 Å². The number of carbonyl (C=O) groups excluding carboxylic acids is 1. The van der Waals surface area contributed by atoms with E-state index in [0.29, 0.717) is 44.4 Å². The minimum Gasteiger partial charge on any atom is -0.367 e. The van der Waals surface area contributed by atoms with Crippen LogP contribution in [0.15, 0.2) is 72.8 Å². The van der Waals surface area contributed by atoms with Crippen LogP contribution in [0.3, 0.4) is 0 Å². The Hall–Kier alpha value is -2.84. The van der Waals surface area contributed by atoms with Crippen LogP contribution in [-0.4, -0.2) is 55.0 Å². The monoisotopic (exact) mass is 514 g/mol. The summed E-state index contributed by atoms with van der Waals surface area (Å²) >= 11 is 6.04. The van der Waals surface area contributed by atoms with Gasteiger partial charge in [-0.25, -0.2) is 8.78 Å². The summed E-state index contributed by atoms with van der Waals surface area (Å²) in [6.07, 6.45) is -0.419. The predicted octanol–water partition coefficient (Wildman–Crippen LogP) is 5.24. The van der Waals surface area contributed by atoms with Crippen LogP contribution in [0, 0.1) is 11.6 Å². The normalized spacial score (nSPS) is 15.1. The predicted molar refractivity (Wildman–Crippen MR) is 134 cm³/mol. The van der Waals surface area contributed by atoms with Crippen LogP contribution in [0.25, 0.3) is 0 Å². The molecule has 1 amide bonds. The van der Waals surface area contributed by atoms with Crippen LogP contribution >= 0.6 is 11.6 Å². The van der Waals surface area contributed by atoms with Crippen LogP contribution in [-0.2, 0) is 27.5 Å². The lowest BCUT2D eigenvalue weighted by Gasteiger charge is -2.36. The maximum atomic E-state index is 14.1. The second kappa shape index (κ2) is 12.9. The van der Waals surface area contributed by atoms with Gasteiger partial charge < -0.3 is 14.4 Å². The molecule has 0 saturated carbocycles. The molecule has 0 aromatic heterocycles. The van der Waals surface area contributed by atoms with E-state index in [-0.39, 0.29) is 24.7 Å². The molecule has 5 nitrogen and oxygen atoms in total. The molecule has 190 valence electrons. The number of ether oxygens (including phenoxy) is 2. The molecule has 1 atom stereocenters. The molecule has 1 aliphatic rings. The smallest absolute Gasteiger partial charge is 0.248 e. The Morgan fingerprint density at radius 3 is 2.19 bits per heavy atom. The van der Waals surface area contributed by atoms with E-state index in [0.717, 1.165) is 11.1 Å². The molecule has 36 heavy (non-hydrogen) atoms. The molecule has 0 spiro atoms. The number of nitrogens with zero attached hydrogens (tertiary/aromatic N) is 2. The summed E-state index contributed by atoms with van der Waals surface area (Å²) in [7, 11) is 0. The summed E-state index contributed by atoms with van der Waals surface area (Å²) in [5.41, 5.74) is 1.80. The number of hydrogen-bond acceptors (Lipinski definition) is 4. The molecular weight excluding hydrogens is 486 g/mol. The van der Waals surface area contributed by atoms with Crippen LogP contribution < -0.4 is 0 Å². The van der Waals surface area contributed by atoms with Crippen molar-refractivity contribution in [3.63, 3.8) is 0 Å². The largest absolute Gasteiger partial charge is 0.367 e. The highest BCUT2D eigenvalue weighted by Crippen LogP contribution is 2.24. The van der Waals surface area contributed by atoms with Gasteiger partial charge in [-0.1, -0.05) is 60.1 Å². The standard InChI is InChI=1S/C28H29ClF2N2O3/c29-23-11-9-22(10-12-23)27(36-19-24-25(30)7-4-8-26(24)31)17-32-13-15-33(16-14-32)28(34)20-35-18-21-5-2-1-3-6-21/h1-12,27H,13-20H2. The van der Waals surface area contributed by atoms with Crippen molar-refractivity contribution in [1.29, 1.82) is 0 Å². The van der Waals surface area contributed by atoms with Gasteiger partial charge in [-0.2, -0.15) is 0 Å². The van der Waals surface area contributed by atoms with Gasteiger partial charge in [0.15, 0.2) is 0 Å². The summed E-state index contributed by atoms with van der Waals surface area (Å²) in [5.74, 6) is -1.30. The maximum absolute atomic E-state index is 14.1. The molecule has 3 aromatic rings. The van der Waals surface area contributed by atoms with Crippen molar-refractivity contribution in [2.24, 2.45) is 0 Å². The van der Waals surface area contributed by atoms with E-state index in [1.165, 1.54) is 18.2 Å². The molecule has 0 N–H and O–H groups in total. The van der Waals surface area contributed by atoms with Crippen molar-refractivity contribution in [2.45, 2.75) is 19.3 Å². The third kappa shape index (κ3) is 7.34. The number of hydrogen-bond donors (Lipinski definition) is 0. The number of benzene rings is 3. The molecule has 1 unspecified atom stereocenters. The van der Waals surface area contributed by atoms with Crippen LogP contribution in [0.4, 0.5) is 8.78 Å². The average Bonchev–Trinajstić information content (AvgIpc) is 2.89. The molecule has 4 rings (SSSR count). The van der Waals surface area contributed by atoms with E-state index in [1.54, 1.807) is 17.0 Å². The fourth-order valence-corrected chi connectivity index (χ4v) is 4.25. The van der Waals surface area contributed by atoms with Crippen molar-refractivity contribution in [3.8, 4) is 0 Å². The zero-order valence-electron chi connectivity index (χ0n) is 19.9. The van der Waals surface area contributed by atoms with Crippen molar-refractivity contribution in [1.82, 2.24) is 9.80 Å². The third-order valence-electron chi connectivity index (χ3n) is 6.22. The van der Waals surface area contributed by atoms with E-state index in [4.69, 9.17) is 21.1 Å². The number of halogens is 3. The van der Waals surface area contributed by atoms with E-state index in [9.17, 15) is 13.6 Å². The van der Waals surface area contributed by atoms with Gasteiger partial charge in [0, 0.05) is 43.3 Å². The van der Waals surface area contributed by atoms with E-state index >= 15 is 0 Å². The second-order valence-electron chi connectivity index (χ2n) is 8.71. The SMILES string of the molecule is O=C(COCc1ccccc1)N1CCN(CC(OCc2c(F)cccc2F)c2ccc(Cl)cc2)CC1. The Labute approximate surface area is 215 Å². The zero-order chi connectivity index (χ0) is 25.3. The summed E-state index contributed by atoms with van der Waals surface area (Å²) in [6, 6.07) is 20.8. The van der Waals surface area contributed by atoms with Gasteiger partial charge in [-0.15, -0.1) is 0 Å². The molecule has 1 heterocycles. The average molecular weight is 515 g/mol.